The molecule has 110 valence electrons. The van der Waals surface area contributed by atoms with Crippen molar-refractivity contribution in [3.05, 3.63) is 48.2 Å². The summed E-state index contributed by atoms with van der Waals surface area (Å²) >= 11 is 12.8. The third kappa shape index (κ3) is 3.10. The monoisotopic (exact) mass is 430 g/mol. The molecule has 1 heterocycles. The smallest absolute Gasteiger partial charge is 0.265 e. The first-order chi connectivity index (χ1) is 10.1. The second kappa shape index (κ2) is 6.23. The van der Waals surface area contributed by atoms with Gasteiger partial charge in [0.2, 0.25) is 0 Å². The van der Waals surface area contributed by atoms with Crippen molar-refractivity contribution in [3.63, 3.8) is 0 Å². The van der Waals surface area contributed by atoms with Gasteiger partial charge in [-0.05, 0) is 62.9 Å². The normalized spacial score (nSPS) is 15.6. The van der Waals surface area contributed by atoms with Gasteiger partial charge in [-0.25, -0.2) is 4.98 Å². The molecular formula is C15H13Br2ClN2O. The maximum atomic E-state index is 12.2. The van der Waals surface area contributed by atoms with E-state index in [9.17, 15) is 4.79 Å². The molecule has 1 aromatic heterocycles. The fourth-order valence-corrected chi connectivity index (χ4v) is 3.73. The summed E-state index contributed by atoms with van der Waals surface area (Å²) in [5.74, 6) is 0.957. The minimum absolute atomic E-state index is 0.132. The largest absolute Gasteiger partial charge is 0.306 e. The number of aromatic amines is 1. The van der Waals surface area contributed by atoms with Gasteiger partial charge in [0.15, 0.2) is 0 Å². The fourth-order valence-electron chi connectivity index (χ4n) is 2.73. The number of rotatable bonds is 2. The van der Waals surface area contributed by atoms with E-state index in [1.54, 1.807) is 6.07 Å². The molecule has 0 aliphatic heterocycles. The van der Waals surface area contributed by atoms with Crippen LogP contribution in [0.4, 0.5) is 0 Å². The molecule has 0 unspecified atom stereocenters. The molecule has 0 bridgehead atoms. The van der Waals surface area contributed by atoms with E-state index in [1.165, 1.54) is 12.8 Å². The maximum absolute atomic E-state index is 12.2. The van der Waals surface area contributed by atoms with Crippen LogP contribution in [-0.4, -0.2) is 9.97 Å². The van der Waals surface area contributed by atoms with Crippen LogP contribution in [-0.2, 0) is 0 Å². The lowest BCUT2D eigenvalue weighted by atomic mass is 10.0. The molecular weight excluding hydrogens is 419 g/mol. The van der Waals surface area contributed by atoms with Gasteiger partial charge in [0, 0.05) is 16.0 Å². The number of hydrogen-bond donors (Lipinski definition) is 1. The summed E-state index contributed by atoms with van der Waals surface area (Å²) in [4.78, 5) is 19.7. The molecule has 2 aromatic rings. The van der Waals surface area contributed by atoms with Crippen LogP contribution < -0.4 is 5.56 Å². The van der Waals surface area contributed by atoms with Crippen molar-refractivity contribution in [3.8, 4) is 11.4 Å². The fraction of sp³-hybridized carbons (Fsp3) is 0.333. The van der Waals surface area contributed by atoms with Crippen molar-refractivity contribution in [2.45, 2.75) is 31.6 Å². The highest BCUT2D eigenvalue weighted by molar-refractivity contribution is 9.10. The Morgan fingerprint density at radius 2 is 1.95 bits per heavy atom. The second-order valence-corrected chi connectivity index (χ2v) is 7.28. The molecule has 0 atom stereocenters. The summed E-state index contributed by atoms with van der Waals surface area (Å²) in [6, 6.07) is 5.52. The lowest BCUT2D eigenvalue weighted by Gasteiger charge is -2.12. The first-order valence-corrected chi connectivity index (χ1v) is 8.78. The van der Waals surface area contributed by atoms with Crippen molar-refractivity contribution < 1.29 is 0 Å². The van der Waals surface area contributed by atoms with Gasteiger partial charge in [0.1, 0.15) is 10.3 Å². The van der Waals surface area contributed by atoms with E-state index in [0.717, 1.165) is 28.6 Å². The summed E-state index contributed by atoms with van der Waals surface area (Å²) in [6.45, 7) is 0. The summed E-state index contributed by atoms with van der Waals surface area (Å²) < 4.78 is 1.35. The van der Waals surface area contributed by atoms with E-state index in [0.29, 0.717) is 21.2 Å². The average Bonchev–Trinajstić information content (AvgIpc) is 2.98. The highest BCUT2D eigenvalue weighted by atomic mass is 79.9. The summed E-state index contributed by atoms with van der Waals surface area (Å²) in [6.07, 6.45) is 4.60. The summed E-state index contributed by atoms with van der Waals surface area (Å²) in [5.41, 5.74) is 1.58. The Morgan fingerprint density at radius 1 is 1.24 bits per heavy atom. The summed E-state index contributed by atoms with van der Waals surface area (Å²) in [5, 5.41) is 0.634. The lowest BCUT2D eigenvalue weighted by Crippen LogP contribution is -2.15. The van der Waals surface area contributed by atoms with Crippen molar-refractivity contribution >= 4 is 43.5 Å². The highest BCUT2D eigenvalue weighted by Crippen LogP contribution is 2.36. The Bertz CT molecular complexity index is 739. The number of aromatic nitrogens is 2. The predicted molar refractivity (Wildman–Crippen MR) is 91.9 cm³/mol. The Morgan fingerprint density at radius 3 is 2.62 bits per heavy atom. The first kappa shape index (κ1) is 15.3. The standard InChI is InChI=1S/C15H13Br2ClN2O/c16-10-7-9(5-6-11(10)18)14-19-13(8-3-1-2-4-8)12(17)15(21)20-14/h5-8H,1-4H2,(H,19,20,21). The molecule has 0 amide bonds. The van der Waals surface area contributed by atoms with Crippen LogP contribution in [0.3, 0.4) is 0 Å². The number of nitrogens with zero attached hydrogens (tertiary/aromatic N) is 1. The zero-order chi connectivity index (χ0) is 15.0. The Kier molecular flexibility index (Phi) is 4.52. The first-order valence-electron chi connectivity index (χ1n) is 6.81. The molecule has 1 aliphatic carbocycles. The van der Waals surface area contributed by atoms with E-state index in [2.05, 4.69) is 41.8 Å². The molecule has 1 saturated carbocycles. The van der Waals surface area contributed by atoms with Crippen molar-refractivity contribution in [1.82, 2.24) is 9.97 Å². The number of halogens is 3. The molecule has 3 rings (SSSR count). The summed E-state index contributed by atoms with van der Waals surface area (Å²) in [7, 11) is 0. The Hall–Kier alpha value is -0.650. The third-order valence-electron chi connectivity index (χ3n) is 3.82. The third-order valence-corrected chi connectivity index (χ3v) is 5.80. The minimum atomic E-state index is -0.132. The quantitative estimate of drug-likeness (QED) is 0.702. The van der Waals surface area contributed by atoms with Crippen molar-refractivity contribution in [2.75, 3.05) is 0 Å². The zero-order valence-electron chi connectivity index (χ0n) is 11.1. The van der Waals surface area contributed by atoms with Gasteiger partial charge in [-0.2, -0.15) is 0 Å². The van der Waals surface area contributed by atoms with Crippen molar-refractivity contribution in [1.29, 1.82) is 0 Å². The zero-order valence-corrected chi connectivity index (χ0v) is 15.1. The molecule has 1 N–H and O–H groups in total. The molecule has 3 nitrogen and oxygen atoms in total. The van der Waals surface area contributed by atoms with Crippen LogP contribution >= 0.6 is 43.5 Å². The SMILES string of the molecule is O=c1[nH]c(-c2ccc(Cl)c(Br)c2)nc(C2CCCC2)c1Br. The molecule has 1 aromatic carbocycles. The van der Waals surface area contributed by atoms with Crippen LogP contribution in [0.25, 0.3) is 11.4 Å². The Balaban J connectivity index is 2.10. The molecule has 0 spiro atoms. The van der Waals surface area contributed by atoms with E-state index < -0.39 is 0 Å². The van der Waals surface area contributed by atoms with Gasteiger partial charge in [0.05, 0.1) is 10.7 Å². The van der Waals surface area contributed by atoms with Crippen LogP contribution in [0.15, 0.2) is 31.9 Å². The minimum Gasteiger partial charge on any atom is -0.306 e. The predicted octanol–water partition coefficient (Wildman–Crippen LogP) is 5.27. The van der Waals surface area contributed by atoms with E-state index >= 15 is 0 Å². The highest BCUT2D eigenvalue weighted by Gasteiger charge is 2.23. The van der Waals surface area contributed by atoms with E-state index in [-0.39, 0.29) is 5.56 Å². The molecule has 1 aliphatic rings. The van der Waals surface area contributed by atoms with E-state index in [1.807, 2.05) is 12.1 Å². The van der Waals surface area contributed by atoms with Gasteiger partial charge >= 0.3 is 0 Å². The van der Waals surface area contributed by atoms with Gasteiger partial charge in [-0.15, -0.1) is 0 Å². The lowest BCUT2D eigenvalue weighted by molar-refractivity contribution is 0.688. The van der Waals surface area contributed by atoms with Crippen LogP contribution in [0, 0.1) is 0 Å². The molecule has 1 fully saturated rings. The molecule has 21 heavy (non-hydrogen) atoms. The van der Waals surface area contributed by atoms with Gasteiger partial charge in [-0.1, -0.05) is 24.4 Å². The van der Waals surface area contributed by atoms with Crippen LogP contribution in [0.1, 0.15) is 37.3 Å². The molecule has 0 radical (unpaired) electrons. The second-order valence-electron chi connectivity index (χ2n) is 5.22. The number of hydrogen-bond acceptors (Lipinski definition) is 2. The van der Waals surface area contributed by atoms with E-state index in [4.69, 9.17) is 11.6 Å². The van der Waals surface area contributed by atoms with Crippen LogP contribution in [0.5, 0.6) is 0 Å². The maximum Gasteiger partial charge on any atom is 0.265 e. The number of nitrogens with one attached hydrogen (secondary N) is 1. The van der Waals surface area contributed by atoms with Crippen molar-refractivity contribution in [2.24, 2.45) is 0 Å². The van der Waals surface area contributed by atoms with Crippen LogP contribution in [0.2, 0.25) is 5.02 Å². The van der Waals surface area contributed by atoms with Gasteiger partial charge < -0.3 is 4.98 Å². The average molecular weight is 433 g/mol. The molecule has 0 saturated heterocycles. The molecule has 6 heteroatoms. The van der Waals surface area contributed by atoms with Gasteiger partial charge in [0.25, 0.3) is 5.56 Å². The Labute approximate surface area is 144 Å². The topological polar surface area (TPSA) is 45.8 Å². The number of benzene rings is 1. The number of H-pyrrole nitrogens is 1. The van der Waals surface area contributed by atoms with Gasteiger partial charge in [-0.3, -0.25) is 4.79 Å².